The van der Waals surface area contributed by atoms with Crippen LogP contribution >= 0.6 is 34.8 Å². The maximum absolute atomic E-state index is 13.7. The SMILES string of the molecule is CCC(C)(C)c1ccc(OCC(=O)Nc2cccc(C(=O)Nc3[nH]n(-c4c(Cl)cc(Cl)cc4Cl)c(=O)c3OC(=O)Nc3cccc(C)c3)c2)c(C(C)(C)CC)c1. The van der Waals surface area contributed by atoms with Crippen LogP contribution in [0.25, 0.3) is 5.69 Å². The molecule has 0 aliphatic carbocycles. The van der Waals surface area contributed by atoms with Gasteiger partial charge in [-0.05, 0) is 90.3 Å². The van der Waals surface area contributed by atoms with E-state index in [0.29, 0.717) is 17.1 Å². The second kappa shape index (κ2) is 17.3. The predicted molar refractivity (Wildman–Crippen MR) is 224 cm³/mol. The minimum Gasteiger partial charge on any atom is -0.483 e. The van der Waals surface area contributed by atoms with Crippen LogP contribution in [0.3, 0.4) is 0 Å². The molecular weight excluding hydrogens is 777 g/mol. The molecule has 0 atom stereocenters. The van der Waals surface area contributed by atoms with E-state index in [-0.39, 0.29) is 49.6 Å². The number of rotatable bonds is 13. The summed E-state index contributed by atoms with van der Waals surface area (Å²) in [5, 5.41) is 10.9. The summed E-state index contributed by atoms with van der Waals surface area (Å²) in [4.78, 5) is 53.5. The Morgan fingerprint density at radius 3 is 2.07 bits per heavy atom. The quantitative estimate of drug-likeness (QED) is 0.0931. The molecule has 0 saturated carbocycles. The molecule has 294 valence electrons. The second-order valence-corrected chi connectivity index (χ2v) is 15.9. The number of carbonyl (C=O) groups is 3. The van der Waals surface area contributed by atoms with Crippen molar-refractivity contribution in [2.45, 2.75) is 72.1 Å². The molecule has 0 radical (unpaired) electrons. The summed E-state index contributed by atoms with van der Waals surface area (Å²) >= 11 is 18.9. The number of hydrogen-bond acceptors (Lipinski definition) is 6. The van der Waals surface area contributed by atoms with E-state index in [0.717, 1.165) is 28.7 Å². The molecule has 4 aromatic carbocycles. The van der Waals surface area contributed by atoms with Crippen LogP contribution in [0.4, 0.5) is 22.0 Å². The smallest absolute Gasteiger partial charge is 0.417 e. The largest absolute Gasteiger partial charge is 0.483 e. The number of carbonyl (C=O) groups excluding carboxylic acids is 3. The molecule has 5 aromatic rings. The third kappa shape index (κ3) is 9.76. The lowest BCUT2D eigenvalue weighted by molar-refractivity contribution is -0.118. The highest BCUT2D eigenvalue weighted by molar-refractivity contribution is 6.40. The zero-order chi connectivity index (χ0) is 40.9. The molecule has 0 bridgehead atoms. The van der Waals surface area contributed by atoms with E-state index < -0.39 is 29.2 Å². The van der Waals surface area contributed by atoms with E-state index in [2.05, 4.69) is 68.7 Å². The number of nitrogens with one attached hydrogen (secondary N) is 4. The molecule has 0 aliphatic heterocycles. The Morgan fingerprint density at radius 2 is 1.43 bits per heavy atom. The summed E-state index contributed by atoms with van der Waals surface area (Å²) in [6, 6.07) is 22.0. The minimum atomic E-state index is -0.999. The van der Waals surface area contributed by atoms with Gasteiger partial charge in [-0.3, -0.25) is 24.8 Å². The van der Waals surface area contributed by atoms with Gasteiger partial charge in [0.2, 0.25) is 5.75 Å². The molecule has 1 aromatic heterocycles. The van der Waals surface area contributed by atoms with Crippen molar-refractivity contribution < 1.29 is 23.9 Å². The number of aromatic amines is 1. The van der Waals surface area contributed by atoms with Crippen molar-refractivity contribution in [3.05, 3.63) is 127 Å². The van der Waals surface area contributed by atoms with Crippen molar-refractivity contribution in [2.24, 2.45) is 0 Å². The molecule has 11 nitrogen and oxygen atoms in total. The van der Waals surface area contributed by atoms with E-state index in [4.69, 9.17) is 44.3 Å². The van der Waals surface area contributed by atoms with Crippen LogP contribution in [0.1, 0.15) is 81.4 Å². The first-order valence-electron chi connectivity index (χ1n) is 18.0. The molecule has 0 fully saturated rings. The number of ether oxygens (including phenoxy) is 2. The van der Waals surface area contributed by atoms with E-state index in [1.54, 1.807) is 30.3 Å². The molecule has 56 heavy (non-hydrogen) atoms. The van der Waals surface area contributed by atoms with Gasteiger partial charge in [-0.1, -0.05) is 107 Å². The first-order chi connectivity index (χ1) is 26.4. The van der Waals surface area contributed by atoms with Crippen molar-refractivity contribution in [1.82, 2.24) is 9.78 Å². The summed E-state index contributed by atoms with van der Waals surface area (Å²) in [5.41, 5.74) is 2.85. The number of aryl methyl sites for hydroxylation is 1. The molecular formula is C42H44Cl3N5O6. The molecule has 5 rings (SSSR count). The molecule has 0 saturated heterocycles. The third-order valence-corrected chi connectivity index (χ3v) is 10.6. The van der Waals surface area contributed by atoms with E-state index in [1.165, 1.54) is 29.8 Å². The van der Waals surface area contributed by atoms with Gasteiger partial charge in [-0.2, -0.15) is 0 Å². The van der Waals surface area contributed by atoms with Crippen LogP contribution < -0.4 is 31.0 Å². The van der Waals surface area contributed by atoms with Gasteiger partial charge in [0.1, 0.15) is 11.4 Å². The molecule has 0 unspecified atom stereocenters. The van der Waals surface area contributed by atoms with E-state index >= 15 is 0 Å². The Balaban J connectivity index is 1.36. The summed E-state index contributed by atoms with van der Waals surface area (Å²) < 4.78 is 12.5. The normalized spacial score (nSPS) is 11.5. The lowest BCUT2D eigenvalue weighted by Crippen LogP contribution is -2.24. The van der Waals surface area contributed by atoms with E-state index in [9.17, 15) is 19.2 Å². The van der Waals surface area contributed by atoms with Crippen LogP contribution in [-0.2, 0) is 15.6 Å². The number of nitrogens with zero attached hydrogens (tertiary/aromatic N) is 1. The minimum absolute atomic E-state index is 0.00484. The van der Waals surface area contributed by atoms with Gasteiger partial charge >= 0.3 is 11.7 Å². The van der Waals surface area contributed by atoms with Crippen LogP contribution in [0.5, 0.6) is 11.5 Å². The number of amides is 3. The molecule has 1 heterocycles. The lowest BCUT2D eigenvalue weighted by Gasteiger charge is -2.30. The second-order valence-electron chi connectivity index (χ2n) is 14.6. The van der Waals surface area contributed by atoms with Crippen molar-refractivity contribution in [2.75, 3.05) is 22.6 Å². The third-order valence-electron chi connectivity index (χ3n) is 9.78. The molecule has 14 heteroatoms. The van der Waals surface area contributed by atoms with Gasteiger partial charge in [0.15, 0.2) is 12.4 Å². The summed E-state index contributed by atoms with van der Waals surface area (Å²) in [5.74, 6) is -1.34. The number of halogens is 3. The Labute approximate surface area is 340 Å². The molecule has 0 spiro atoms. The zero-order valence-electron chi connectivity index (χ0n) is 32.2. The standard InChI is InChI=1S/C42H44Cl3N5O6/c1-8-41(4,5)26-16-17-33(30(20-26)42(6,7)9-2)55-23-34(51)46-29-15-11-13-25(19-29)38(52)48-37-36(56-40(54)47-28-14-10-12-24(3)18-28)39(53)50(49-37)35-31(44)21-27(43)22-32(35)45/h10-22,49H,8-9,23H2,1-7H3,(H,46,51)(H,47,54)(H,48,52). The Hall–Kier alpha value is -5.23. The van der Waals surface area contributed by atoms with Gasteiger partial charge in [0.25, 0.3) is 11.8 Å². The summed E-state index contributed by atoms with van der Waals surface area (Å²) in [7, 11) is 0. The van der Waals surface area contributed by atoms with Gasteiger partial charge < -0.3 is 20.1 Å². The van der Waals surface area contributed by atoms with Crippen LogP contribution in [0.15, 0.2) is 83.7 Å². The predicted octanol–water partition coefficient (Wildman–Crippen LogP) is 10.7. The van der Waals surface area contributed by atoms with Crippen molar-refractivity contribution >= 4 is 69.9 Å². The van der Waals surface area contributed by atoms with Crippen LogP contribution in [0.2, 0.25) is 15.1 Å². The average molecular weight is 821 g/mol. The van der Waals surface area contributed by atoms with Crippen LogP contribution in [-0.4, -0.2) is 34.3 Å². The topological polar surface area (TPSA) is 144 Å². The first-order valence-corrected chi connectivity index (χ1v) is 19.1. The number of benzene rings is 4. The molecule has 0 aliphatic rings. The highest BCUT2D eigenvalue weighted by Crippen LogP contribution is 2.39. The maximum Gasteiger partial charge on any atom is 0.417 e. The maximum atomic E-state index is 13.7. The Bertz CT molecular complexity index is 2330. The molecule has 4 N–H and O–H groups in total. The van der Waals surface area contributed by atoms with Gasteiger partial charge in [0, 0.05) is 27.5 Å². The van der Waals surface area contributed by atoms with Crippen LogP contribution in [0, 0.1) is 6.92 Å². The fraction of sp³-hybridized carbons (Fsp3) is 0.286. The Morgan fingerprint density at radius 1 is 0.786 bits per heavy atom. The highest BCUT2D eigenvalue weighted by Gasteiger charge is 2.28. The number of hydrogen-bond donors (Lipinski definition) is 4. The molecule has 3 amide bonds. The number of H-pyrrole nitrogens is 1. The zero-order valence-corrected chi connectivity index (χ0v) is 34.4. The van der Waals surface area contributed by atoms with Gasteiger partial charge in [-0.15, -0.1) is 0 Å². The van der Waals surface area contributed by atoms with Crippen molar-refractivity contribution in [3.8, 4) is 17.2 Å². The van der Waals surface area contributed by atoms with Crippen molar-refractivity contribution in [1.29, 1.82) is 0 Å². The van der Waals surface area contributed by atoms with E-state index in [1.807, 2.05) is 25.1 Å². The van der Waals surface area contributed by atoms with Gasteiger partial charge in [-0.25, -0.2) is 9.48 Å². The lowest BCUT2D eigenvalue weighted by atomic mass is 9.76. The average Bonchev–Trinajstić information content (AvgIpc) is 3.42. The Kier molecular flexibility index (Phi) is 12.9. The fourth-order valence-corrected chi connectivity index (χ4v) is 6.72. The fourth-order valence-electron chi connectivity index (χ4n) is 5.73. The van der Waals surface area contributed by atoms with Gasteiger partial charge in [0.05, 0.1) is 10.0 Å². The number of aromatic nitrogens is 2. The highest BCUT2D eigenvalue weighted by atomic mass is 35.5. The van der Waals surface area contributed by atoms with Crippen molar-refractivity contribution in [3.63, 3.8) is 0 Å². The summed E-state index contributed by atoms with van der Waals surface area (Å²) in [6.45, 7) is 14.6. The number of anilines is 3. The first kappa shape index (κ1) is 41.9. The monoisotopic (exact) mass is 819 g/mol. The summed E-state index contributed by atoms with van der Waals surface area (Å²) in [6.07, 6.45) is 0.841.